The van der Waals surface area contributed by atoms with Crippen LogP contribution in [0.1, 0.15) is 57.4 Å². The molecular formula is C16H25N. The lowest BCUT2D eigenvalue weighted by molar-refractivity contribution is 0.593. The first-order valence-corrected chi connectivity index (χ1v) is 6.98. The van der Waals surface area contributed by atoms with Gasteiger partial charge in [-0.2, -0.15) is 0 Å². The van der Waals surface area contributed by atoms with Crippen LogP contribution < -0.4 is 0 Å². The molecule has 1 aromatic rings. The van der Waals surface area contributed by atoms with Crippen molar-refractivity contribution in [2.45, 2.75) is 51.9 Å². The van der Waals surface area contributed by atoms with Crippen molar-refractivity contribution in [1.29, 1.82) is 0 Å². The van der Waals surface area contributed by atoms with Crippen LogP contribution in [-0.4, -0.2) is 12.8 Å². The highest BCUT2D eigenvalue weighted by molar-refractivity contribution is 5.79. The van der Waals surface area contributed by atoms with Crippen molar-refractivity contribution in [1.82, 2.24) is 0 Å². The van der Waals surface area contributed by atoms with E-state index in [4.69, 9.17) is 0 Å². The molecular weight excluding hydrogens is 206 g/mol. The van der Waals surface area contributed by atoms with Gasteiger partial charge in [0.25, 0.3) is 0 Å². The molecule has 0 saturated carbocycles. The lowest BCUT2D eigenvalue weighted by Crippen LogP contribution is -1.86. The zero-order valence-corrected chi connectivity index (χ0v) is 11.1. The normalized spacial score (nSPS) is 11.1. The molecule has 0 aliphatic heterocycles. The minimum absolute atomic E-state index is 0.975. The molecule has 0 unspecified atom stereocenters. The SMILES string of the molecule is CCCCCCCCCN=Cc1ccccc1. The molecule has 0 aromatic heterocycles. The second-order valence-corrected chi connectivity index (χ2v) is 4.57. The molecule has 0 atom stereocenters. The van der Waals surface area contributed by atoms with Crippen molar-refractivity contribution < 1.29 is 0 Å². The smallest absolute Gasteiger partial charge is 0.0389 e. The summed E-state index contributed by atoms with van der Waals surface area (Å²) in [5, 5.41) is 0. The Morgan fingerprint density at radius 2 is 1.53 bits per heavy atom. The first kappa shape index (κ1) is 14.0. The highest BCUT2D eigenvalue weighted by Crippen LogP contribution is 2.06. The van der Waals surface area contributed by atoms with Crippen LogP contribution >= 0.6 is 0 Å². The summed E-state index contributed by atoms with van der Waals surface area (Å²) in [6.45, 7) is 3.24. The summed E-state index contributed by atoms with van der Waals surface area (Å²) < 4.78 is 0. The zero-order valence-electron chi connectivity index (χ0n) is 11.1. The summed E-state index contributed by atoms with van der Waals surface area (Å²) in [5.41, 5.74) is 1.20. The summed E-state index contributed by atoms with van der Waals surface area (Å²) in [5.74, 6) is 0. The largest absolute Gasteiger partial charge is 0.293 e. The van der Waals surface area contributed by atoms with Gasteiger partial charge in [0.1, 0.15) is 0 Å². The lowest BCUT2D eigenvalue weighted by atomic mass is 10.1. The van der Waals surface area contributed by atoms with Crippen LogP contribution in [0.25, 0.3) is 0 Å². The average molecular weight is 231 g/mol. The highest BCUT2D eigenvalue weighted by Gasteiger charge is 1.89. The third-order valence-electron chi connectivity index (χ3n) is 2.93. The van der Waals surface area contributed by atoms with E-state index >= 15 is 0 Å². The molecule has 0 aliphatic carbocycles. The molecule has 94 valence electrons. The van der Waals surface area contributed by atoms with Crippen LogP contribution in [0, 0.1) is 0 Å². The van der Waals surface area contributed by atoms with Crippen LogP contribution in [0.5, 0.6) is 0 Å². The molecule has 0 bridgehead atoms. The van der Waals surface area contributed by atoms with Crippen molar-refractivity contribution in [3.05, 3.63) is 35.9 Å². The Bertz CT molecular complexity index is 290. The fourth-order valence-electron chi connectivity index (χ4n) is 1.87. The predicted octanol–water partition coefficient (Wildman–Crippen LogP) is 4.86. The van der Waals surface area contributed by atoms with Crippen molar-refractivity contribution >= 4 is 6.21 Å². The molecule has 0 radical (unpaired) electrons. The van der Waals surface area contributed by atoms with Crippen molar-refractivity contribution in [2.75, 3.05) is 6.54 Å². The van der Waals surface area contributed by atoms with E-state index in [1.165, 1.54) is 50.5 Å². The molecule has 0 fully saturated rings. The standard InChI is InChI=1S/C16H25N/c1-2-3-4-5-6-7-11-14-17-15-16-12-9-8-10-13-16/h8-10,12-13,15H,2-7,11,14H2,1H3. The van der Waals surface area contributed by atoms with Crippen molar-refractivity contribution in [3.63, 3.8) is 0 Å². The van der Waals surface area contributed by atoms with Crippen molar-refractivity contribution in [3.8, 4) is 0 Å². The van der Waals surface area contributed by atoms with Crippen LogP contribution in [-0.2, 0) is 0 Å². The van der Waals surface area contributed by atoms with Crippen LogP contribution in [0.2, 0.25) is 0 Å². The minimum Gasteiger partial charge on any atom is -0.293 e. The molecule has 17 heavy (non-hydrogen) atoms. The van der Waals surface area contributed by atoms with Gasteiger partial charge >= 0.3 is 0 Å². The van der Waals surface area contributed by atoms with Crippen LogP contribution in [0.3, 0.4) is 0 Å². The Kier molecular flexibility index (Phi) is 8.27. The molecule has 0 amide bonds. The number of aliphatic imine (C=N–C) groups is 1. The quantitative estimate of drug-likeness (QED) is 0.425. The fourth-order valence-corrected chi connectivity index (χ4v) is 1.87. The maximum Gasteiger partial charge on any atom is 0.0389 e. The predicted molar refractivity (Wildman–Crippen MR) is 76.9 cm³/mol. The van der Waals surface area contributed by atoms with Gasteiger partial charge in [0, 0.05) is 12.8 Å². The van der Waals surface area contributed by atoms with E-state index in [0.717, 1.165) is 6.54 Å². The number of unbranched alkanes of at least 4 members (excludes halogenated alkanes) is 6. The third kappa shape index (κ3) is 7.73. The van der Waals surface area contributed by atoms with Gasteiger partial charge in [-0.05, 0) is 12.0 Å². The van der Waals surface area contributed by atoms with Gasteiger partial charge in [0.05, 0.1) is 0 Å². The van der Waals surface area contributed by atoms with Gasteiger partial charge in [-0.15, -0.1) is 0 Å². The van der Waals surface area contributed by atoms with Gasteiger partial charge in [-0.1, -0.05) is 75.8 Å². The number of hydrogen-bond donors (Lipinski definition) is 0. The molecule has 1 rings (SSSR count). The first-order chi connectivity index (χ1) is 8.43. The Morgan fingerprint density at radius 1 is 0.882 bits per heavy atom. The highest BCUT2D eigenvalue weighted by atomic mass is 14.7. The Labute approximate surface area is 106 Å². The van der Waals surface area contributed by atoms with E-state index < -0.39 is 0 Å². The summed E-state index contributed by atoms with van der Waals surface area (Å²) in [7, 11) is 0. The Balaban J connectivity index is 1.95. The first-order valence-electron chi connectivity index (χ1n) is 6.98. The summed E-state index contributed by atoms with van der Waals surface area (Å²) in [6, 6.07) is 10.3. The van der Waals surface area contributed by atoms with Crippen molar-refractivity contribution in [2.24, 2.45) is 4.99 Å². The van der Waals surface area contributed by atoms with Crippen LogP contribution in [0.4, 0.5) is 0 Å². The maximum atomic E-state index is 4.45. The monoisotopic (exact) mass is 231 g/mol. The molecule has 0 N–H and O–H groups in total. The molecule has 1 heteroatoms. The lowest BCUT2D eigenvalue weighted by Gasteiger charge is -1.98. The van der Waals surface area contributed by atoms with Gasteiger partial charge in [-0.25, -0.2) is 0 Å². The maximum absolute atomic E-state index is 4.45. The summed E-state index contributed by atoms with van der Waals surface area (Å²) in [6.07, 6.45) is 11.5. The zero-order chi connectivity index (χ0) is 12.2. The van der Waals surface area contributed by atoms with Gasteiger partial charge in [0.15, 0.2) is 0 Å². The average Bonchev–Trinajstić information content (AvgIpc) is 2.38. The minimum atomic E-state index is 0.975. The topological polar surface area (TPSA) is 12.4 Å². The molecule has 0 aliphatic rings. The van der Waals surface area contributed by atoms with E-state index in [2.05, 4.69) is 36.2 Å². The molecule has 0 saturated heterocycles. The van der Waals surface area contributed by atoms with E-state index in [1.807, 2.05) is 12.3 Å². The molecule has 0 heterocycles. The third-order valence-corrected chi connectivity index (χ3v) is 2.93. The summed E-state index contributed by atoms with van der Waals surface area (Å²) in [4.78, 5) is 4.45. The number of rotatable bonds is 9. The second-order valence-electron chi connectivity index (χ2n) is 4.57. The molecule has 1 aromatic carbocycles. The Hall–Kier alpha value is -1.11. The number of hydrogen-bond acceptors (Lipinski definition) is 1. The number of nitrogens with zero attached hydrogens (tertiary/aromatic N) is 1. The second kappa shape index (κ2) is 10.1. The Morgan fingerprint density at radius 3 is 2.24 bits per heavy atom. The van der Waals surface area contributed by atoms with Gasteiger partial charge in [-0.3, -0.25) is 4.99 Å². The van der Waals surface area contributed by atoms with E-state index in [-0.39, 0.29) is 0 Å². The van der Waals surface area contributed by atoms with Crippen LogP contribution in [0.15, 0.2) is 35.3 Å². The number of benzene rings is 1. The van der Waals surface area contributed by atoms with Gasteiger partial charge in [0.2, 0.25) is 0 Å². The van der Waals surface area contributed by atoms with Gasteiger partial charge < -0.3 is 0 Å². The molecule has 0 spiro atoms. The molecule has 1 nitrogen and oxygen atoms in total. The summed E-state index contributed by atoms with van der Waals surface area (Å²) >= 11 is 0. The van der Waals surface area contributed by atoms with E-state index in [0.29, 0.717) is 0 Å². The van der Waals surface area contributed by atoms with E-state index in [9.17, 15) is 0 Å². The fraction of sp³-hybridized carbons (Fsp3) is 0.562. The van der Waals surface area contributed by atoms with E-state index in [1.54, 1.807) is 0 Å².